The molecule has 1 aromatic carbocycles. The molecule has 0 aliphatic carbocycles. The smallest absolute Gasteiger partial charge is 0.159 e. The highest BCUT2D eigenvalue weighted by Crippen LogP contribution is 2.36. The molecule has 0 unspecified atom stereocenters. The van der Waals surface area contributed by atoms with Crippen LogP contribution in [0.25, 0.3) is 55.0 Å². The predicted octanol–water partition coefficient (Wildman–Crippen LogP) is 8.50. The summed E-state index contributed by atoms with van der Waals surface area (Å²) in [6.45, 7) is 20.4. The molecule has 5 aromatic rings. The van der Waals surface area contributed by atoms with E-state index in [0.717, 1.165) is 66.3 Å². The van der Waals surface area contributed by atoms with Gasteiger partial charge in [-0.3, -0.25) is 10.1 Å². The zero-order valence-electron chi connectivity index (χ0n) is 22.7. The quantitative estimate of drug-likeness (QED) is 0.166. The van der Waals surface area contributed by atoms with Gasteiger partial charge in [0.05, 0.1) is 28.4 Å². The van der Waals surface area contributed by atoms with Gasteiger partial charge in [-0.1, -0.05) is 51.8 Å². The first kappa shape index (κ1) is 26.1. The van der Waals surface area contributed by atoms with Gasteiger partial charge in [0.1, 0.15) is 5.69 Å². The second-order valence-electron chi connectivity index (χ2n) is 9.77. The number of rotatable bonds is 9. The van der Waals surface area contributed by atoms with E-state index in [1.54, 1.807) is 17.4 Å². The van der Waals surface area contributed by atoms with Crippen molar-refractivity contribution in [2.75, 3.05) is 0 Å². The predicted molar refractivity (Wildman–Crippen MR) is 166 cm³/mol. The van der Waals surface area contributed by atoms with Crippen molar-refractivity contribution < 1.29 is 0 Å². The molecule has 3 N–H and O–H groups in total. The van der Waals surface area contributed by atoms with Gasteiger partial charge in [0.2, 0.25) is 0 Å². The third-order valence-electron chi connectivity index (χ3n) is 6.62. The summed E-state index contributed by atoms with van der Waals surface area (Å²) in [6, 6.07) is 12.5. The molecule has 0 radical (unpaired) electrons. The summed E-state index contributed by atoms with van der Waals surface area (Å²) in [7, 11) is 0. The second-order valence-corrected chi connectivity index (χ2v) is 10.9. The van der Waals surface area contributed by atoms with Crippen molar-refractivity contribution in [2.24, 2.45) is 5.92 Å². The van der Waals surface area contributed by atoms with Gasteiger partial charge < -0.3 is 10.3 Å². The monoisotopic (exact) mass is 532 g/mol. The Morgan fingerprint density at radius 1 is 1.13 bits per heavy atom. The first-order valence-corrected chi connectivity index (χ1v) is 13.7. The van der Waals surface area contributed by atoms with Crippen LogP contribution in [-0.4, -0.2) is 25.1 Å². The highest BCUT2D eigenvalue weighted by atomic mass is 32.1. The number of aromatic nitrogens is 5. The molecule has 0 fully saturated rings. The van der Waals surface area contributed by atoms with Crippen LogP contribution in [0, 0.1) is 5.92 Å². The van der Waals surface area contributed by atoms with Gasteiger partial charge in [-0.25, -0.2) is 4.98 Å². The first-order chi connectivity index (χ1) is 18.8. The topological polar surface area (TPSA) is 82.3 Å². The molecule has 0 bridgehead atoms. The average Bonchev–Trinajstić information content (AvgIpc) is 3.68. The molecule has 7 heteroatoms. The minimum absolute atomic E-state index is 0.308. The van der Waals surface area contributed by atoms with E-state index < -0.39 is 0 Å². The summed E-state index contributed by atoms with van der Waals surface area (Å²) in [5, 5.41) is 12.0. The highest BCUT2D eigenvalue weighted by Gasteiger charge is 2.17. The maximum absolute atomic E-state index is 5.01. The van der Waals surface area contributed by atoms with Gasteiger partial charge in [-0.15, -0.1) is 11.3 Å². The van der Waals surface area contributed by atoms with Crippen molar-refractivity contribution in [3.63, 3.8) is 0 Å². The van der Waals surface area contributed by atoms with Crippen LogP contribution in [0.1, 0.15) is 38.3 Å². The van der Waals surface area contributed by atoms with E-state index in [0.29, 0.717) is 11.7 Å². The Labute approximate surface area is 232 Å². The number of imidazole rings is 1. The molecular formula is C32H32N6S. The molecule has 0 aliphatic rings. The molecule has 0 amide bonds. The number of nitrogens with one attached hydrogen (secondary N) is 3. The second kappa shape index (κ2) is 10.7. The summed E-state index contributed by atoms with van der Waals surface area (Å²) in [5.41, 5.74) is 9.19. The molecule has 4 heterocycles. The van der Waals surface area contributed by atoms with E-state index in [2.05, 4.69) is 72.3 Å². The van der Waals surface area contributed by atoms with E-state index in [1.165, 1.54) is 4.88 Å². The summed E-state index contributed by atoms with van der Waals surface area (Å²) in [6.07, 6.45) is 7.66. The van der Waals surface area contributed by atoms with Crippen LogP contribution in [0.3, 0.4) is 0 Å². The molecule has 196 valence electrons. The Bertz CT molecular complexity index is 1790. The first-order valence-electron chi connectivity index (χ1n) is 12.8. The number of thiophene rings is 1. The Morgan fingerprint density at radius 3 is 2.64 bits per heavy atom. The lowest BCUT2D eigenvalue weighted by Gasteiger charge is -2.14. The number of para-hydroxylation sites is 1. The van der Waals surface area contributed by atoms with Gasteiger partial charge >= 0.3 is 0 Å². The highest BCUT2D eigenvalue weighted by molar-refractivity contribution is 7.16. The summed E-state index contributed by atoms with van der Waals surface area (Å²) >= 11 is 1.72. The SMILES string of the molecule is C=C/C(=C\C(=C/C)c1cc2c(-c3nc4c(-c5ccc(C(=C)C)s5)cccc4[nH]3)n[nH]c2cn1)NC(=C)C(C)C. The summed E-state index contributed by atoms with van der Waals surface area (Å²) in [5.74, 6) is 1.01. The maximum Gasteiger partial charge on any atom is 0.159 e. The molecule has 6 nitrogen and oxygen atoms in total. The molecule has 0 spiro atoms. The largest absolute Gasteiger partial charge is 0.359 e. The summed E-state index contributed by atoms with van der Waals surface area (Å²) < 4.78 is 0. The third kappa shape index (κ3) is 5.13. The minimum Gasteiger partial charge on any atom is -0.359 e. The number of fused-ring (bicyclic) bond motifs is 2. The fourth-order valence-corrected chi connectivity index (χ4v) is 5.22. The number of aromatic amines is 2. The maximum atomic E-state index is 5.01. The number of pyridine rings is 1. The van der Waals surface area contributed by atoms with Crippen molar-refractivity contribution >= 4 is 44.4 Å². The fraction of sp³-hybridized carbons (Fsp3) is 0.156. The number of nitrogens with zero attached hydrogens (tertiary/aromatic N) is 3. The van der Waals surface area contributed by atoms with Crippen LogP contribution < -0.4 is 5.32 Å². The van der Waals surface area contributed by atoms with Gasteiger partial charge in [0.25, 0.3) is 0 Å². The molecule has 39 heavy (non-hydrogen) atoms. The standard InChI is InChI=1S/C32H32N6S/c1-8-21(15-22(9-2)34-20(7)18(3)4)26-16-24-27(17-33-26)37-38-31(24)32-35-25-12-10-11-23(30(25)36-32)29-14-13-28(39-29)19(5)6/h8-18,34H,2,5,7H2,1,3-4,6H3,(H,35,36)(H,37,38)/b21-8+,22-15+. The number of allylic oxidation sites excluding steroid dienone is 6. The van der Waals surface area contributed by atoms with Crippen molar-refractivity contribution in [2.45, 2.75) is 27.7 Å². The van der Waals surface area contributed by atoms with Crippen LogP contribution in [0.15, 0.2) is 92.0 Å². The molecule has 0 atom stereocenters. The molecule has 0 saturated carbocycles. The van der Waals surface area contributed by atoms with Gasteiger partial charge in [0.15, 0.2) is 5.82 Å². The number of benzene rings is 1. The van der Waals surface area contributed by atoms with Crippen LogP contribution >= 0.6 is 11.3 Å². The van der Waals surface area contributed by atoms with Crippen LogP contribution in [0.4, 0.5) is 0 Å². The Balaban J connectivity index is 1.55. The third-order valence-corrected chi connectivity index (χ3v) is 7.90. The lowest BCUT2D eigenvalue weighted by Crippen LogP contribution is -2.14. The summed E-state index contributed by atoms with van der Waals surface area (Å²) in [4.78, 5) is 15.5. The van der Waals surface area contributed by atoms with E-state index in [-0.39, 0.29) is 0 Å². The Morgan fingerprint density at radius 2 is 1.95 bits per heavy atom. The zero-order chi connectivity index (χ0) is 27.7. The van der Waals surface area contributed by atoms with Gasteiger partial charge in [-0.2, -0.15) is 5.10 Å². The van der Waals surface area contributed by atoms with E-state index in [1.807, 2.05) is 50.4 Å². The zero-order valence-corrected chi connectivity index (χ0v) is 23.5. The molecule has 0 aliphatic heterocycles. The van der Waals surface area contributed by atoms with Crippen molar-refractivity contribution in [3.8, 4) is 22.0 Å². The van der Waals surface area contributed by atoms with Crippen LogP contribution in [0.2, 0.25) is 0 Å². The van der Waals surface area contributed by atoms with E-state index in [4.69, 9.17) is 9.97 Å². The molecule has 0 saturated heterocycles. The van der Waals surface area contributed by atoms with Gasteiger partial charge in [0, 0.05) is 32.1 Å². The van der Waals surface area contributed by atoms with Crippen molar-refractivity contribution in [1.82, 2.24) is 30.5 Å². The van der Waals surface area contributed by atoms with Crippen LogP contribution in [-0.2, 0) is 0 Å². The van der Waals surface area contributed by atoms with E-state index in [9.17, 15) is 0 Å². The van der Waals surface area contributed by atoms with Crippen molar-refractivity contribution in [3.05, 3.63) is 103 Å². The van der Waals surface area contributed by atoms with E-state index >= 15 is 0 Å². The lowest BCUT2D eigenvalue weighted by molar-refractivity contribution is 0.710. The fourth-order valence-electron chi connectivity index (χ4n) is 4.26. The normalized spacial score (nSPS) is 12.4. The number of hydrogen-bond acceptors (Lipinski definition) is 5. The lowest BCUT2D eigenvalue weighted by atomic mass is 10.1. The Kier molecular flexibility index (Phi) is 7.17. The van der Waals surface area contributed by atoms with Crippen LogP contribution in [0.5, 0.6) is 0 Å². The average molecular weight is 533 g/mol. The Hall–Kier alpha value is -4.49. The minimum atomic E-state index is 0.308. The number of H-pyrrole nitrogens is 2. The molecule has 4 aromatic heterocycles. The van der Waals surface area contributed by atoms with Gasteiger partial charge in [-0.05, 0) is 67.3 Å². The molecular weight excluding hydrogens is 500 g/mol. The number of hydrogen-bond donors (Lipinski definition) is 3. The molecule has 5 rings (SSSR count). The van der Waals surface area contributed by atoms with Crippen molar-refractivity contribution in [1.29, 1.82) is 0 Å².